The average Bonchev–Trinajstić information content (AvgIpc) is 3.49. The maximum Gasteiger partial charge on any atom is 0.398 e. The number of anilines is 1. The van der Waals surface area contributed by atoms with Gasteiger partial charge in [-0.1, -0.05) is 18.2 Å². The first-order chi connectivity index (χ1) is 16.0. The minimum Gasteiger partial charge on any atom is -0.363 e. The molecule has 178 valence electrons. The fraction of sp³-hybridized carbons (Fsp3) is 0.364. The van der Waals surface area contributed by atoms with Crippen LogP contribution in [0.15, 0.2) is 30.6 Å². The minimum absolute atomic E-state index is 0.0311. The van der Waals surface area contributed by atoms with Crippen LogP contribution in [0.25, 0.3) is 16.7 Å². The zero-order valence-electron chi connectivity index (χ0n) is 18.0. The van der Waals surface area contributed by atoms with E-state index in [0.29, 0.717) is 0 Å². The Labute approximate surface area is 189 Å². The Hall–Kier alpha value is -3.44. The first-order valence-electron chi connectivity index (χ1n) is 10.4. The van der Waals surface area contributed by atoms with E-state index < -0.39 is 35.4 Å². The van der Waals surface area contributed by atoms with Gasteiger partial charge in [-0.3, -0.25) is 0 Å². The predicted octanol–water partition coefficient (Wildman–Crippen LogP) is 5.82. The van der Waals surface area contributed by atoms with Crippen LogP contribution in [0.2, 0.25) is 0 Å². The highest BCUT2D eigenvalue weighted by Crippen LogP contribution is 2.60. The van der Waals surface area contributed by atoms with Crippen molar-refractivity contribution in [2.24, 2.45) is 0 Å². The SMILES string of the molecule is Cc1nc2c(C3(C(F)(F)F)CC3)cc3c(NC(C)c4cccc(C(F)F)c4F)ncnc3n2n1. The number of nitrogens with one attached hydrogen (secondary N) is 1. The lowest BCUT2D eigenvalue weighted by atomic mass is 9.95. The molecule has 1 fully saturated rings. The molecule has 1 aromatic carbocycles. The van der Waals surface area contributed by atoms with Crippen molar-refractivity contribution >= 4 is 22.5 Å². The Morgan fingerprint density at radius 1 is 1.09 bits per heavy atom. The summed E-state index contributed by atoms with van der Waals surface area (Å²) in [5.41, 5.74) is -2.57. The topological polar surface area (TPSA) is 68.0 Å². The zero-order valence-corrected chi connectivity index (χ0v) is 18.0. The van der Waals surface area contributed by atoms with Gasteiger partial charge in [-0.2, -0.15) is 17.7 Å². The number of fused-ring (bicyclic) bond motifs is 3. The number of pyridine rings is 1. The van der Waals surface area contributed by atoms with Crippen LogP contribution in [0.1, 0.15) is 54.7 Å². The summed E-state index contributed by atoms with van der Waals surface area (Å²) in [6.07, 6.45) is -6.45. The number of nitrogens with zero attached hydrogens (tertiary/aromatic N) is 5. The van der Waals surface area contributed by atoms with Crippen LogP contribution >= 0.6 is 0 Å². The number of aryl methyl sites for hydroxylation is 1. The van der Waals surface area contributed by atoms with E-state index in [9.17, 15) is 26.3 Å². The zero-order chi connectivity index (χ0) is 24.4. The largest absolute Gasteiger partial charge is 0.398 e. The quantitative estimate of drug-likeness (QED) is 0.365. The van der Waals surface area contributed by atoms with Gasteiger partial charge in [0.2, 0.25) is 0 Å². The van der Waals surface area contributed by atoms with E-state index in [2.05, 4.69) is 25.4 Å². The molecule has 1 aliphatic rings. The normalized spacial score (nSPS) is 16.4. The van der Waals surface area contributed by atoms with Gasteiger partial charge in [0.15, 0.2) is 11.3 Å². The molecule has 1 atom stereocenters. The van der Waals surface area contributed by atoms with Gasteiger partial charge in [0.1, 0.15) is 23.8 Å². The van der Waals surface area contributed by atoms with Crippen molar-refractivity contribution in [1.82, 2.24) is 24.6 Å². The molecule has 0 radical (unpaired) electrons. The molecule has 1 aliphatic carbocycles. The van der Waals surface area contributed by atoms with Gasteiger partial charge in [0.25, 0.3) is 6.43 Å². The molecule has 5 rings (SSSR count). The van der Waals surface area contributed by atoms with E-state index in [1.807, 2.05) is 0 Å². The van der Waals surface area contributed by atoms with Gasteiger partial charge in [0, 0.05) is 11.1 Å². The lowest BCUT2D eigenvalue weighted by Gasteiger charge is -2.22. The summed E-state index contributed by atoms with van der Waals surface area (Å²) in [4.78, 5) is 12.5. The number of hydrogen-bond donors (Lipinski definition) is 1. The van der Waals surface area contributed by atoms with Gasteiger partial charge in [-0.25, -0.2) is 28.1 Å². The highest BCUT2D eigenvalue weighted by atomic mass is 19.4. The summed E-state index contributed by atoms with van der Waals surface area (Å²) in [7, 11) is 0. The minimum atomic E-state index is -4.49. The van der Waals surface area contributed by atoms with E-state index >= 15 is 0 Å². The molecule has 0 spiro atoms. The van der Waals surface area contributed by atoms with Crippen molar-refractivity contribution in [3.63, 3.8) is 0 Å². The van der Waals surface area contributed by atoms with Crippen LogP contribution in [-0.2, 0) is 5.41 Å². The van der Waals surface area contributed by atoms with Crippen LogP contribution in [0.5, 0.6) is 0 Å². The molecule has 1 saturated carbocycles. The molecule has 0 aliphatic heterocycles. The molecule has 34 heavy (non-hydrogen) atoms. The van der Waals surface area contributed by atoms with Crippen LogP contribution in [0.4, 0.5) is 32.2 Å². The van der Waals surface area contributed by atoms with Crippen molar-refractivity contribution in [3.8, 4) is 0 Å². The molecule has 0 bridgehead atoms. The Kier molecular flexibility index (Phi) is 4.96. The van der Waals surface area contributed by atoms with Gasteiger partial charge < -0.3 is 5.32 Å². The Morgan fingerprint density at radius 2 is 1.79 bits per heavy atom. The van der Waals surface area contributed by atoms with Crippen molar-refractivity contribution in [2.75, 3.05) is 5.32 Å². The maximum atomic E-state index is 14.7. The van der Waals surface area contributed by atoms with Crippen LogP contribution in [0, 0.1) is 12.7 Å². The number of aromatic nitrogens is 5. The molecule has 12 heteroatoms. The molecule has 1 unspecified atom stereocenters. The van der Waals surface area contributed by atoms with Crippen LogP contribution < -0.4 is 5.32 Å². The van der Waals surface area contributed by atoms with Crippen molar-refractivity contribution in [2.45, 2.75) is 50.7 Å². The van der Waals surface area contributed by atoms with E-state index in [-0.39, 0.29) is 52.3 Å². The molecule has 1 N–H and O–H groups in total. The second-order valence-corrected chi connectivity index (χ2v) is 8.41. The Balaban J connectivity index is 1.66. The summed E-state index contributed by atoms with van der Waals surface area (Å²) >= 11 is 0. The summed E-state index contributed by atoms with van der Waals surface area (Å²) in [5, 5.41) is 7.39. The molecule has 4 aromatic rings. The highest BCUT2D eigenvalue weighted by molar-refractivity contribution is 5.90. The molecule has 6 nitrogen and oxygen atoms in total. The third-order valence-electron chi connectivity index (χ3n) is 6.23. The summed E-state index contributed by atoms with van der Waals surface area (Å²) < 4.78 is 84.1. The lowest BCUT2D eigenvalue weighted by Crippen LogP contribution is -2.29. The summed E-state index contributed by atoms with van der Waals surface area (Å²) in [5.74, 6) is -0.660. The van der Waals surface area contributed by atoms with Gasteiger partial charge in [-0.15, -0.1) is 5.10 Å². The van der Waals surface area contributed by atoms with Crippen LogP contribution in [0.3, 0.4) is 0 Å². The van der Waals surface area contributed by atoms with E-state index in [4.69, 9.17) is 0 Å². The fourth-order valence-electron chi connectivity index (χ4n) is 4.29. The molecule has 3 aromatic heterocycles. The number of halogens is 6. The Morgan fingerprint density at radius 3 is 2.44 bits per heavy atom. The smallest absolute Gasteiger partial charge is 0.363 e. The average molecular weight is 480 g/mol. The molecule has 0 amide bonds. The van der Waals surface area contributed by atoms with Gasteiger partial charge >= 0.3 is 6.18 Å². The second-order valence-electron chi connectivity index (χ2n) is 8.41. The first kappa shape index (κ1) is 22.4. The van der Waals surface area contributed by atoms with Crippen molar-refractivity contribution in [1.29, 1.82) is 0 Å². The predicted molar refractivity (Wildman–Crippen MR) is 111 cm³/mol. The van der Waals surface area contributed by atoms with Crippen LogP contribution in [-0.4, -0.2) is 30.7 Å². The Bertz CT molecular complexity index is 1410. The lowest BCUT2D eigenvalue weighted by molar-refractivity contribution is -0.160. The first-order valence-corrected chi connectivity index (χ1v) is 10.4. The molecule has 3 heterocycles. The highest BCUT2D eigenvalue weighted by Gasteiger charge is 2.65. The van der Waals surface area contributed by atoms with E-state index in [0.717, 1.165) is 6.07 Å². The third-order valence-corrected chi connectivity index (χ3v) is 6.23. The van der Waals surface area contributed by atoms with Gasteiger partial charge in [0.05, 0.1) is 22.4 Å². The van der Waals surface area contributed by atoms with E-state index in [1.54, 1.807) is 13.8 Å². The fourth-order valence-corrected chi connectivity index (χ4v) is 4.29. The molecular formula is C22H18F6N6. The van der Waals surface area contributed by atoms with Crippen molar-refractivity contribution in [3.05, 3.63) is 58.9 Å². The standard InChI is InChI=1S/C22H18F6N6/c1-10(12-4-3-5-13(16(12)23)17(24)25)31-18-14-8-15(21(6-7-21)22(26,27)28)20-32-11(2)33-34(20)19(14)30-9-29-18/h3-5,8-10,17H,6-7H2,1-2H3,(H,29,30,31). The van der Waals surface area contributed by atoms with Crippen molar-refractivity contribution < 1.29 is 26.3 Å². The number of hydrogen-bond acceptors (Lipinski definition) is 5. The third kappa shape index (κ3) is 3.34. The summed E-state index contributed by atoms with van der Waals surface area (Å²) in [6.45, 7) is 3.11. The number of benzene rings is 1. The second kappa shape index (κ2) is 7.54. The van der Waals surface area contributed by atoms with E-state index in [1.165, 1.54) is 29.0 Å². The molecular weight excluding hydrogens is 462 g/mol. The molecule has 0 saturated heterocycles. The van der Waals surface area contributed by atoms with Gasteiger partial charge in [-0.05, 0) is 32.8 Å². The number of alkyl halides is 5. The summed E-state index contributed by atoms with van der Waals surface area (Å²) in [6, 6.07) is 4.19. The number of rotatable bonds is 5. The maximum absolute atomic E-state index is 14.7. The monoisotopic (exact) mass is 480 g/mol.